The second-order valence-corrected chi connectivity index (χ2v) is 6.38. The summed E-state index contributed by atoms with van der Waals surface area (Å²) in [6.07, 6.45) is 0. The first-order valence-electron chi connectivity index (χ1n) is 8.16. The lowest BCUT2D eigenvalue weighted by molar-refractivity contribution is 0.414. The summed E-state index contributed by atoms with van der Waals surface area (Å²) in [5.74, 6) is 2.05. The largest absolute Gasteiger partial charge is 0.497 e. The molecule has 3 aromatic rings. The van der Waals surface area contributed by atoms with Crippen LogP contribution < -0.4 is 9.47 Å². The number of nitrogens with zero attached hydrogens (tertiary/aromatic N) is 1. The summed E-state index contributed by atoms with van der Waals surface area (Å²) >= 11 is 0. The molecule has 0 aliphatic carbocycles. The van der Waals surface area contributed by atoms with Gasteiger partial charge in [0, 0.05) is 17.0 Å². The van der Waals surface area contributed by atoms with E-state index < -0.39 is 0 Å². The topological polar surface area (TPSA) is 31.4 Å². The first-order chi connectivity index (χ1) is 11.5. The molecule has 124 valence electrons. The maximum absolute atomic E-state index is 5.43. The molecule has 0 saturated carbocycles. The molecule has 0 radical (unpaired) electrons. The number of aromatic nitrogens is 1. The van der Waals surface area contributed by atoms with Crippen LogP contribution in [0.1, 0.15) is 30.9 Å². The van der Waals surface area contributed by atoms with Crippen molar-refractivity contribution in [1.29, 1.82) is 0 Å². The third-order valence-electron chi connectivity index (χ3n) is 4.24. The Balaban J connectivity index is 2.28. The van der Waals surface area contributed by atoms with Crippen LogP contribution in [0.4, 0.5) is 0 Å². The lowest BCUT2D eigenvalue weighted by Gasteiger charge is -2.15. The average Bonchev–Trinajstić information content (AvgIpc) is 2.59. The van der Waals surface area contributed by atoms with Crippen molar-refractivity contribution in [3.63, 3.8) is 0 Å². The monoisotopic (exact) mass is 321 g/mol. The lowest BCUT2D eigenvalue weighted by atomic mass is 9.94. The van der Waals surface area contributed by atoms with Crippen molar-refractivity contribution >= 4 is 10.9 Å². The summed E-state index contributed by atoms with van der Waals surface area (Å²) in [6.45, 7) is 6.47. The number of hydrogen-bond acceptors (Lipinski definition) is 3. The zero-order chi connectivity index (χ0) is 17.3. The van der Waals surface area contributed by atoms with Gasteiger partial charge in [0.1, 0.15) is 11.5 Å². The molecule has 3 heteroatoms. The smallest absolute Gasteiger partial charge is 0.121 e. The fraction of sp³-hybridized carbons (Fsp3) is 0.286. The molecule has 0 bridgehead atoms. The van der Waals surface area contributed by atoms with Crippen LogP contribution in [-0.2, 0) is 0 Å². The van der Waals surface area contributed by atoms with Gasteiger partial charge < -0.3 is 9.47 Å². The van der Waals surface area contributed by atoms with Crippen LogP contribution in [0, 0.1) is 6.92 Å². The zero-order valence-electron chi connectivity index (χ0n) is 14.9. The van der Waals surface area contributed by atoms with E-state index in [1.54, 1.807) is 14.2 Å². The number of ether oxygens (including phenoxy) is 2. The van der Waals surface area contributed by atoms with Gasteiger partial charge in [0.05, 0.1) is 25.4 Å². The minimum absolute atomic E-state index is 0.380. The summed E-state index contributed by atoms with van der Waals surface area (Å²) in [4.78, 5) is 4.96. The molecule has 0 saturated heterocycles. The van der Waals surface area contributed by atoms with Gasteiger partial charge >= 0.3 is 0 Å². The van der Waals surface area contributed by atoms with E-state index in [0.29, 0.717) is 5.92 Å². The normalized spacial score (nSPS) is 11.1. The van der Waals surface area contributed by atoms with Gasteiger partial charge in [-0.3, -0.25) is 0 Å². The van der Waals surface area contributed by atoms with Crippen molar-refractivity contribution in [3.05, 3.63) is 53.6 Å². The van der Waals surface area contributed by atoms with Gasteiger partial charge in [0.15, 0.2) is 0 Å². The molecular formula is C21H23NO2. The molecule has 3 nitrogen and oxygen atoms in total. The highest BCUT2D eigenvalue weighted by Gasteiger charge is 2.14. The predicted octanol–water partition coefficient (Wildman–Crippen LogP) is 5.35. The molecule has 1 aromatic heterocycles. The van der Waals surface area contributed by atoms with Gasteiger partial charge in [-0.25, -0.2) is 4.98 Å². The summed E-state index contributed by atoms with van der Waals surface area (Å²) in [5, 5.41) is 1.13. The van der Waals surface area contributed by atoms with Crippen molar-refractivity contribution < 1.29 is 9.47 Å². The number of benzene rings is 2. The highest BCUT2D eigenvalue weighted by molar-refractivity contribution is 5.85. The van der Waals surface area contributed by atoms with Crippen LogP contribution in [0.5, 0.6) is 11.5 Å². The highest BCUT2D eigenvalue weighted by Crippen LogP contribution is 2.34. The number of pyridine rings is 1. The van der Waals surface area contributed by atoms with Gasteiger partial charge in [0.2, 0.25) is 0 Å². The number of fused-ring (bicyclic) bond motifs is 1. The second kappa shape index (κ2) is 6.52. The summed E-state index contributed by atoms with van der Waals surface area (Å²) in [5.41, 5.74) is 5.43. The van der Waals surface area contributed by atoms with Crippen molar-refractivity contribution in [2.75, 3.05) is 14.2 Å². The molecule has 0 spiro atoms. The van der Waals surface area contributed by atoms with Gasteiger partial charge in [-0.1, -0.05) is 13.8 Å². The maximum Gasteiger partial charge on any atom is 0.121 e. The highest BCUT2D eigenvalue weighted by atomic mass is 16.5. The van der Waals surface area contributed by atoms with Crippen molar-refractivity contribution in [3.8, 4) is 22.8 Å². The Kier molecular flexibility index (Phi) is 4.43. The number of rotatable bonds is 4. The number of aryl methyl sites for hydroxylation is 1. The summed E-state index contributed by atoms with van der Waals surface area (Å²) in [7, 11) is 3.37. The Morgan fingerprint density at radius 2 is 1.62 bits per heavy atom. The molecule has 0 aliphatic heterocycles. The van der Waals surface area contributed by atoms with Crippen LogP contribution in [0.3, 0.4) is 0 Å². The molecule has 1 heterocycles. The Labute approximate surface area is 143 Å². The molecule has 2 aromatic carbocycles. The van der Waals surface area contributed by atoms with E-state index in [4.69, 9.17) is 14.5 Å². The molecule has 24 heavy (non-hydrogen) atoms. The molecule has 0 amide bonds. The van der Waals surface area contributed by atoms with Gasteiger partial charge in [-0.05, 0) is 60.4 Å². The second-order valence-electron chi connectivity index (χ2n) is 6.38. The van der Waals surface area contributed by atoms with Crippen molar-refractivity contribution in [2.45, 2.75) is 26.7 Å². The van der Waals surface area contributed by atoms with E-state index in [2.05, 4.69) is 39.0 Å². The predicted molar refractivity (Wildman–Crippen MR) is 99.1 cm³/mol. The fourth-order valence-corrected chi connectivity index (χ4v) is 2.96. The Hall–Kier alpha value is -2.55. The molecular weight excluding hydrogens is 298 g/mol. The van der Waals surface area contributed by atoms with E-state index in [9.17, 15) is 0 Å². The van der Waals surface area contributed by atoms with Crippen molar-refractivity contribution in [2.24, 2.45) is 0 Å². The third kappa shape index (κ3) is 3.07. The molecule has 3 rings (SSSR count). The third-order valence-corrected chi connectivity index (χ3v) is 4.24. The maximum atomic E-state index is 5.43. The van der Waals surface area contributed by atoms with E-state index in [1.807, 2.05) is 24.3 Å². The SMILES string of the molecule is COc1cc(C)cc(-c2nc3cc(OC)ccc3cc2C(C)C)c1. The number of hydrogen-bond donors (Lipinski definition) is 0. The van der Waals surface area contributed by atoms with Crippen LogP contribution in [0.15, 0.2) is 42.5 Å². The van der Waals surface area contributed by atoms with Gasteiger partial charge in [-0.2, -0.15) is 0 Å². The Morgan fingerprint density at radius 3 is 2.29 bits per heavy atom. The first kappa shape index (κ1) is 16.3. The van der Waals surface area contributed by atoms with E-state index in [-0.39, 0.29) is 0 Å². The van der Waals surface area contributed by atoms with Crippen molar-refractivity contribution in [1.82, 2.24) is 4.98 Å². The fourth-order valence-electron chi connectivity index (χ4n) is 2.96. The summed E-state index contributed by atoms with van der Waals surface area (Å²) < 4.78 is 10.8. The average molecular weight is 321 g/mol. The van der Waals surface area contributed by atoms with Crippen LogP contribution in [0.25, 0.3) is 22.2 Å². The molecule has 0 atom stereocenters. The van der Waals surface area contributed by atoms with Gasteiger partial charge in [-0.15, -0.1) is 0 Å². The zero-order valence-corrected chi connectivity index (χ0v) is 14.9. The van der Waals surface area contributed by atoms with Crippen LogP contribution >= 0.6 is 0 Å². The standard InChI is InChI=1S/C21H23NO2/c1-13(2)19-11-15-6-7-17(23-4)12-20(15)22-21(19)16-8-14(3)9-18(10-16)24-5/h6-13H,1-5H3. The minimum Gasteiger partial charge on any atom is -0.497 e. The molecule has 0 unspecified atom stereocenters. The molecule has 0 N–H and O–H groups in total. The number of methoxy groups -OCH3 is 2. The molecule has 0 aliphatic rings. The first-order valence-corrected chi connectivity index (χ1v) is 8.16. The quantitative estimate of drug-likeness (QED) is 0.649. The van der Waals surface area contributed by atoms with Crippen LogP contribution in [0.2, 0.25) is 0 Å². The van der Waals surface area contributed by atoms with E-state index in [1.165, 1.54) is 5.56 Å². The van der Waals surface area contributed by atoms with E-state index in [0.717, 1.165) is 39.2 Å². The summed E-state index contributed by atoms with van der Waals surface area (Å²) in [6, 6.07) is 14.5. The van der Waals surface area contributed by atoms with Crippen LogP contribution in [-0.4, -0.2) is 19.2 Å². The van der Waals surface area contributed by atoms with E-state index >= 15 is 0 Å². The minimum atomic E-state index is 0.380. The molecule has 0 fully saturated rings. The Bertz CT molecular complexity index is 884. The lowest BCUT2D eigenvalue weighted by Crippen LogP contribution is -1.98. The van der Waals surface area contributed by atoms with Gasteiger partial charge in [0.25, 0.3) is 0 Å². The Morgan fingerprint density at radius 1 is 0.875 bits per heavy atom.